The molecule has 6 heteroatoms. The van der Waals surface area contributed by atoms with Crippen LogP contribution in [0.1, 0.15) is 233 Å². The van der Waals surface area contributed by atoms with E-state index in [4.69, 9.17) is 14.2 Å². The van der Waals surface area contributed by atoms with Gasteiger partial charge < -0.3 is 14.2 Å². The minimum atomic E-state index is -0.755. The van der Waals surface area contributed by atoms with E-state index >= 15 is 0 Å². The summed E-state index contributed by atoms with van der Waals surface area (Å²) < 4.78 is 16.6. The van der Waals surface area contributed by atoms with Crippen LogP contribution in [0.15, 0.2) is 0 Å². The van der Waals surface area contributed by atoms with Gasteiger partial charge in [-0.15, -0.1) is 0 Å². The number of ether oxygens (including phenoxy) is 3. The monoisotopic (exact) mass is 681 g/mol. The van der Waals surface area contributed by atoms with Crippen molar-refractivity contribution in [2.75, 3.05) is 13.2 Å². The van der Waals surface area contributed by atoms with E-state index in [2.05, 4.69) is 20.8 Å². The summed E-state index contributed by atoms with van der Waals surface area (Å²) in [6, 6.07) is 0. The van der Waals surface area contributed by atoms with Crippen LogP contribution in [0.4, 0.5) is 0 Å². The molecule has 0 rings (SSSR count). The Morgan fingerprint density at radius 2 is 0.562 bits per heavy atom. The maximum absolute atomic E-state index is 12.6. The summed E-state index contributed by atoms with van der Waals surface area (Å²) >= 11 is 0. The number of unbranched alkanes of at least 4 members (excludes halogenated alkanes) is 27. The van der Waals surface area contributed by atoms with E-state index in [9.17, 15) is 14.4 Å². The van der Waals surface area contributed by atoms with E-state index < -0.39 is 6.10 Å². The van der Waals surface area contributed by atoms with Gasteiger partial charge in [0, 0.05) is 19.3 Å². The van der Waals surface area contributed by atoms with Crippen LogP contribution in [0, 0.1) is 0 Å². The fourth-order valence-corrected chi connectivity index (χ4v) is 6.15. The van der Waals surface area contributed by atoms with E-state index in [-0.39, 0.29) is 31.1 Å². The standard InChI is InChI=1S/C42H80O6/c1-4-7-10-13-16-18-20-21-22-24-26-29-32-35-41(44)47-38-39(37-46-40(43)34-31-28-25-15-12-9-6-3)48-42(45)36-33-30-27-23-19-17-14-11-8-5-2/h39H,4-38H2,1-3H3/t39-/m1/s1. The summed E-state index contributed by atoms with van der Waals surface area (Å²) in [4.78, 5) is 37.4. The lowest BCUT2D eigenvalue weighted by Crippen LogP contribution is -2.30. The molecule has 6 nitrogen and oxygen atoms in total. The van der Waals surface area contributed by atoms with Crippen LogP contribution in [0.25, 0.3) is 0 Å². The maximum Gasteiger partial charge on any atom is 0.306 e. The zero-order valence-electron chi connectivity index (χ0n) is 32.3. The molecule has 0 radical (unpaired) electrons. The Morgan fingerprint density at radius 3 is 0.833 bits per heavy atom. The lowest BCUT2D eigenvalue weighted by molar-refractivity contribution is -0.167. The van der Waals surface area contributed by atoms with Crippen LogP contribution < -0.4 is 0 Å². The third-order valence-electron chi connectivity index (χ3n) is 9.36. The molecule has 284 valence electrons. The molecule has 0 saturated heterocycles. The Morgan fingerprint density at radius 1 is 0.333 bits per heavy atom. The second-order valence-corrected chi connectivity index (χ2v) is 14.3. The molecule has 48 heavy (non-hydrogen) atoms. The smallest absolute Gasteiger partial charge is 0.306 e. The molecule has 0 aliphatic rings. The van der Waals surface area contributed by atoms with Gasteiger partial charge in [-0.2, -0.15) is 0 Å². The van der Waals surface area contributed by atoms with Crippen molar-refractivity contribution in [2.45, 2.75) is 239 Å². The topological polar surface area (TPSA) is 78.9 Å². The molecule has 0 aromatic rings. The van der Waals surface area contributed by atoms with Crippen LogP contribution >= 0.6 is 0 Å². The molecular formula is C42H80O6. The van der Waals surface area contributed by atoms with Gasteiger partial charge in [0.15, 0.2) is 6.10 Å². The first-order chi connectivity index (χ1) is 23.5. The molecule has 1 atom stereocenters. The SMILES string of the molecule is CCCCCCCCCCCCCCCC(=O)OC[C@@H](COC(=O)CCCCCCCCC)OC(=O)CCCCCCCCCCCC. The van der Waals surface area contributed by atoms with Gasteiger partial charge in [-0.1, -0.05) is 194 Å². The van der Waals surface area contributed by atoms with Crippen molar-refractivity contribution in [2.24, 2.45) is 0 Å². The molecule has 0 fully saturated rings. The van der Waals surface area contributed by atoms with E-state index in [0.29, 0.717) is 19.3 Å². The molecule has 0 unspecified atom stereocenters. The highest BCUT2D eigenvalue weighted by molar-refractivity contribution is 5.71. The molecule has 0 aliphatic heterocycles. The van der Waals surface area contributed by atoms with E-state index in [1.807, 2.05) is 0 Å². The number of hydrogen-bond donors (Lipinski definition) is 0. The van der Waals surface area contributed by atoms with Crippen LogP contribution in [-0.4, -0.2) is 37.2 Å². The number of hydrogen-bond acceptors (Lipinski definition) is 6. The van der Waals surface area contributed by atoms with Gasteiger partial charge in [0.05, 0.1) is 0 Å². The molecule has 0 bridgehead atoms. The summed E-state index contributed by atoms with van der Waals surface area (Å²) in [6.45, 7) is 6.58. The fraction of sp³-hybridized carbons (Fsp3) is 0.929. The third-order valence-corrected chi connectivity index (χ3v) is 9.36. The summed E-state index contributed by atoms with van der Waals surface area (Å²) in [6.07, 6.45) is 36.6. The molecule has 0 aromatic heterocycles. The Hall–Kier alpha value is -1.59. The Labute approximate surface area is 298 Å². The average molecular weight is 681 g/mol. The zero-order chi connectivity index (χ0) is 35.2. The second-order valence-electron chi connectivity index (χ2n) is 14.3. The number of rotatable bonds is 38. The Balaban J connectivity index is 4.28. The maximum atomic E-state index is 12.6. The van der Waals surface area contributed by atoms with Gasteiger partial charge in [0.2, 0.25) is 0 Å². The van der Waals surface area contributed by atoms with Crippen LogP contribution in [0.2, 0.25) is 0 Å². The van der Waals surface area contributed by atoms with E-state index in [1.54, 1.807) is 0 Å². The highest BCUT2D eigenvalue weighted by Crippen LogP contribution is 2.15. The molecule has 0 aliphatic carbocycles. The van der Waals surface area contributed by atoms with Crippen molar-refractivity contribution in [3.8, 4) is 0 Å². The normalized spacial score (nSPS) is 11.8. The molecule has 0 amide bonds. The first-order valence-corrected chi connectivity index (χ1v) is 21.0. The minimum Gasteiger partial charge on any atom is -0.462 e. The van der Waals surface area contributed by atoms with Crippen molar-refractivity contribution < 1.29 is 28.6 Å². The van der Waals surface area contributed by atoms with E-state index in [0.717, 1.165) is 57.8 Å². The molecule has 0 heterocycles. The Bertz CT molecular complexity index is 708. The van der Waals surface area contributed by atoms with Crippen molar-refractivity contribution in [1.29, 1.82) is 0 Å². The van der Waals surface area contributed by atoms with Crippen LogP contribution in [0.3, 0.4) is 0 Å². The van der Waals surface area contributed by atoms with Gasteiger partial charge in [-0.05, 0) is 19.3 Å². The van der Waals surface area contributed by atoms with Gasteiger partial charge in [0.25, 0.3) is 0 Å². The van der Waals surface area contributed by atoms with Crippen molar-refractivity contribution in [1.82, 2.24) is 0 Å². The van der Waals surface area contributed by atoms with Crippen molar-refractivity contribution >= 4 is 17.9 Å². The fourth-order valence-electron chi connectivity index (χ4n) is 6.15. The molecule has 0 aromatic carbocycles. The largest absolute Gasteiger partial charge is 0.462 e. The molecule has 0 saturated carbocycles. The molecule has 0 N–H and O–H groups in total. The molecule has 0 spiro atoms. The summed E-state index contributed by atoms with van der Waals surface area (Å²) in [5.41, 5.74) is 0. The first-order valence-electron chi connectivity index (χ1n) is 21.0. The Kier molecular flexibility index (Phi) is 36.9. The van der Waals surface area contributed by atoms with Gasteiger partial charge >= 0.3 is 17.9 Å². The van der Waals surface area contributed by atoms with Crippen LogP contribution in [-0.2, 0) is 28.6 Å². The second kappa shape index (κ2) is 38.2. The lowest BCUT2D eigenvalue weighted by Gasteiger charge is -2.18. The summed E-state index contributed by atoms with van der Waals surface area (Å²) in [7, 11) is 0. The third kappa shape index (κ3) is 35.7. The van der Waals surface area contributed by atoms with Crippen molar-refractivity contribution in [3.63, 3.8) is 0 Å². The zero-order valence-corrected chi connectivity index (χ0v) is 32.3. The predicted octanol–water partition coefficient (Wildman–Crippen LogP) is 12.9. The first kappa shape index (κ1) is 46.4. The lowest BCUT2D eigenvalue weighted by atomic mass is 10.0. The van der Waals surface area contributed by atoms with Gasteiger partial charge in [-0.3, -0.25) is 14.4 Å². The highest BCUT2D eigenvalue weighted by atomic mass is 16.6. The van der Waals surface area contributed by atoms with Crippen molar-refractivity contribution in [3.05, 3.63) is 0 Å². The highest BCUT2D eigenvalue weighted by Gasteiger charge is 2.19. The quantitative estimate of drug-likeness (QED) is 0.0367. The predicted molar refractivity (Wildman–Crippen MR) is 201 cm³/mol. The summed E-state index contributed by atoms with van der Waals surface area (Å²) in [5.74, 6) is -0.865. The number of esters is 3. The van der Waals surface area contributed by atoms with Gasteiger partial charge in [-0.25, -0.2) is 0 Å². The number of carbonyl (C=O) groups is 3. The van der Waals surface area contributed by atoms with Crippen LogP contribution in [0.5, 0.6) is 0 Å². The number of carbonyl (C=O) groups excluding carboxylic acids is 3. The van der Waals surface area contributed by atoms with E-state index in [1.165, 1.54) is 135 Å². The molecular weight excluding hydrogens is 600 g/mol. The average Bonchev–Trinajstić information content (AvgIpc) is 3.08. The minimum absolute atomic E-state index is 0.0637. The summed E-state index contributed by atoms with van der Waals surface area (Å²) in [5, 5.41) is 0. The van der Waals surface area contributed by atoms with Gasteiger partial charge in [0.1, 0.15) is 13.2 Å².